The summed E-state index contributed by atoms with van der Waals surface area (Å²) < 4.78 is 0. The van der Waals surface area contributed by atoms with E-state index in [0.29, 0.717) is 0 Å². The minimum absolute atomic E-state index is 0.0608. The van der Waals surface area contributed by atoms with Crippen molar-refractivity contribution in [2.24, 2.45) is 17.4 Å². The molecule has 0 saturated carbocycles. The Balaban J connectivity index is 5.34. The number of carboxylic acid groups (broad SMARTS) is 1. The van der Waals surface area contributed by atoms with Gasteiger partial charge in [0.05, 0.1) is 12.5 Å². The minimum Gasteiger partial charge on any atom is -0.480 e. The number of carbonyl (C=O) groups excluding carboxylic acids is 4. The van der Waals surface area contributed by atoms with Gasteiger partial charge in [-0.2, -0.15) is 25.3 Å². The molecule has 28 heavy (non-hydrogen) atoms. The molecule has 0 fully saturated rings. The molecule has 8 N–H and O–H groups in total. The Morgan fingerprint density at radius 2 is 1.43 bits per heavy atom. The molecule has 0 aliphatic heterocycles. The largest absolute Gasteiger partial charge is 0.480 e. The van der Waals surface area contributed by atoms with Crippen molar-refractivity contribution in [2.45, 2.75) is 44.4 Å². The van der Waals surface area contributed by atoms with E-state index in [1.807, 2.05) is 0 Å². The fraction of sp³-hybridized carbons (Fsp3) is 0.667. The Morgan fingerprint density at radius 1 is 0.893 bits per heavy atom. The molecule has 4 unspecified atom stereocenters. The Labute approximate surface area is 173 Å². The van der Waals surface area contributed by atoms with Crippen LogP contribution in [-0.2, 0) is 24.0 Å². The molecule has 0 radical (unpaired) electrons. The van der Waals surface area contributed by atoms with Crippen LogP contribution < -0.4 is 27.4 Å². The standard InChI is InChI=1S/C15H27N5O6S2/c1-6(2)11(20-12(22)7(16)4-27)14(24)18-8(3-10(17)21)13(23)19-9(5-28)15(25)26/h6-9,11,27-28H,3-5,16H2,1-2H3,(H2,17,21)(H,18,24)(H,19,23)(H,20,22)(H,25,26). The number of hydrogen-bond acceptors (Lipinski definition) is 8. The van der Waals surface area contributed by atoms with Crippen LogP contribution >= 0.6 is 25.3 Å². The molecular formula is C15H27N5O6S2. The average molecular weight is 438 g/mol. The van der Waals surface area contributed by atoms with Crippen molar-refractivity contribution in [3.05, 3.63) is 0 Å². The van der Waals surface area contributed by atoms with Gasteiger partial charge < -0.3 is 32.5 Å². The topological polar surface area (TPSA) is 194 Å². The molecule has 4 atom stereocenters. The van der Waals surface area contributed by atoms with E-state index >= 15 is 0 Å². The first-order chi connectivity index (χ1) is 12.9. The maximum absolute atomic E-state index is 12.6. The van der Waals surface area contributed by atoms with Gasteiger partial charge in [-0.15, -0.1) is 0 Å². The van der Waals surface area contributed by atoms with Crippen molar-refractivity contribution in [3.63, 3.8) is 0 Å². The van der Waals surface area contributed by atoms with Crippen molar-refractivity contribution < 1.29 is 29.1 Å². The molecule has 11 nitrogen and oxygen atoms in total. The van der Waals surface area contributed by atoms with Crippen LogP contribution in [0.15, 0.2) is 0 Å². The summed E-state index contributed by atoms with van der Waals surface area (Å²) in [5, 5.41) is 15.9. The van der Waals surface area contributed by atoms with E-state index in [0.717, 1.165) is 0 Å². The van der Waals surface area contributed by atoms with E-state index < -0.39 is 60.2 Å². The van der Waals surface area contributed by atoms with E-state index in [9.17, 15) is 24.0 Å². The third-order valence-corrected chi connectivity index (χ3v) is 4.37. The predicted molar refractivity (Wildman–Crippen MR) is 108 cm³/mol. The molecule has 13 heteroatoms. The summed E-state index contributed by atoms with van der Waals surface area (Å²) in [6.07, 6.45) is -0.564. The van der Waals surface area contributed by atoms with Gasteiger partial charge in [-0.25, -0.2) is 4.79 Å². The molecular weight excluding hydrogens is 410 g/mol. The lowest BCUT2D eigenvalue weighted by Crippen LogP contribution is -2.59. The number of thiol groups is 2. The highest BCUT2D eigenvalue weighted by atomic mass is 32.1. The minimum atomic E-state index is -1.43. The normalized spacial score (nSPS) is 15.1. The van der Waals surface area contributed by atoms with Gasteiger partial charge in [-0.3, -0.25) is 19.2 Å². The number of carboxylic acids is 1. The third-order valence-electron chi connectivity index (χ3n) is 3.62. The van der Waals surface area contributed by atoms with Crippen LogP contribution in [0.3, 0.4) is 0 Å². The molecule has 0 aromatic carbocycles. The van der Waals surface area contributed by atoms with Crippen molar-refractivity contribution >= 4 is 54.9 Å². The van der Waals surface area contributed by atoms with Crippen molar-refractivity contribution in [1.82, 2.24) is 16.0 Å². The molecule has 0 aromatic rings. The van der Waals surface area contributed by atoms with Gasteiger partial charge in [0, 0.05) is 11.5 Å². The fourth-order valence-corrected chi connectivity index (χ4v) is 2.42. The lowest BCUT2D eigenvalue weighted by Gasteiger charge is -2.26. The Bertz CT molecular complexity index is 603. The van der Waals surface area contributed by atoms with Crippen LogP contribution in [0.1, 0.15) is 20.3 Å². The van der Waals surface area contributed by atoms with Crippen LogP contribution in [0.5, 0.6) is 0 Å². The summed E-state index contributed by atoms with van der Waals surface area (Å²) in [7, 11) is 0. The van der Waals surface area contributed by atoms with Crippen LogP contribution in [0.2, 0.25) is 0 Å². The van der Waals surface area contributed by atoms with Crippen LogP contribution in [0.25, 0.3) is 0 Å². The summed E-state index contributed by atoms with van der Waals surface area (Å²) in [6, 6.07) is -4.74. The third kappa shape index (κ3) is 8.80. The Morgan fingerprint density at radius 3 is 1.82 bits per heavy atom. The number of amides is 4. The zero-order chi connectivity index (χ0) is 22.0. The number of carbonyl (C=O) groups is 5. The second kappa shape index (κ2) is 12.5. The van der Waals surface area contributed by atoms with Gasteiger partial charge in [0.15, 0.2) is 0 Å². The fourth-order valence-electron chi connectivity index (χ4n) is 2.01. The highest BCUT2D eigenvalue weighted by molar-refractivity contribution is 7.80. The number of primary amides is 1. The van der Waals surface area contributed by atoms with Crippen molar-refractivity contribution in [1.29, 1.82) is 0 Å². The number of nitrogens with one attached hydrogen (secondary N) is 3. The zero-order valence-electron chi connectivity index (χ0n) is 15.5. The molecule has 0 aliphatic rings. The van der Waals surface area contributed by atoms with Gasteiger partial charge in [0.2, 0.25) is 23.6 Å². The van der Waals surface area contributed by atoms with E-state index in [2.05, 4.69) is 41.2 Å². The Hall–Kier alpha value is -1.99. The number of rotatable bonds is 12. The van der Waals surface area contributed by atoms with Crippen molar-refractivity contribution in [2.75, 3.05) is 11.5 Å². The molecule has 0 spiro atoms. The monoisotopic (exact) mass is 437 g/mol. The molecule has 0 saturated heterocycles. The highest BCUT2D eigenvalue weighted by Crippen LogP contribution is 2.05. The van der Waals surface area contributed by atoms with Crippen molar-refractivity contribution in [3.8, 4) is 0 Å². The van der Waals surface area contributed by atoms with E-state index in [-0.39, 0.29) is 17.4 Å². The van der Waals surface area contributed by atoms with E-state index in [1.54, 1.807) is 13.8 Å². The first kappa shape index (κ1) is 26.0. The second-order valence-electron chi connectivity index (χ2n) is 6.33. The van der Waals surface area contributed by atoms with Gasteiger partial charge in [-0.05, 0) is 5.92 Å². The van der Waals surface area contributed by atoms with Crippen LogP contribution in [0.4, 0.5) is 0 Å². The number of hydrogen-bond donors (Lipinski definition) is 8. The lowest BCUT2D eigenvalue weighted by atomic mass is 10.0. The van der Waals surface area contributed by atoms with Gasteiger partial charge >= 0.3 is 5.97 Å². The maximum atomic E-state index is 12.6. The summed E-state index contributed by atoms with van der Waals surface area (Å²) in [6.45, 7) is 3.31. The van der Waals surface area contributed by atoms with Gasteiger partial charge in [0.25, 0.3) is 0 Å². The molecule has 160 valence electrons. The first-order valence-corrected chi connectivity index (χ1v) is 9.60. The van der Waals surface area contributed by atoms with Crippen LogP contribution in [-0.4, -0.2) is 70.4 Å². The Kier molecular flexibility index (Phi) is 11.6. The second-order valence-corrected chi connectivity index (χ2v) is 7.06. The summed E-state index contributed by atoms with van der Waals surface area (Å²) in [5.41, 5.74) is 10.7. The predicted octanol–water partition coefficient (Wildman–Crippen LogP) is -2.76. The number of nitrogens with two attached hydrogens (primary N) is 2. The number of aliphatic carboxylic acids is 1. The van der Waals surface area contributed by atoms with Gasteiger partial charge in [0.1, 0.15) is 18.1 Å². The summed E-state index contributed by atoms with van der Waals surface area (Å²) in [5.74, 6) is -5.03. The summed E-state index contributed by atoms with van der Waals surface area (Å²) in [4.78, 5) is 59.1. The molecule has 0 aliphatic carbocycles. The maximum Gasteiger partial charge on any atom is 0.327 e. The molecule has 0 bridgehead atoms. The first-order valence-electron chi connectivity index (χ1n) is 8.34. The summed E-state index contributed by atoms with van der Waals surface area (Å²) >= 11 is 7.74. The van der Waals surface area contributed by atoms with E-state index in [1.165, 1.54) is 0 Å². The molecule has 0 aromatic heterocycles. The SMILES string of the molecule is CC(C)C(NC(=O)C(N)CS)C(=O)NC(CC(N)=O)C(=O)NC(CS)C(=O)O. The quantitative estimate of drug-likeness (QED) is 0.151. The van der Waals surface area contributed by atoms with Gasteiger partial charge in [-0.1, -0.05) is 13.8 Å². The molecule has 4 amide bonds. The average Bonchev–Trinajstić information content (AvgIpc) is 2.61. The van der Waals surface area contributed by atoms with E-state index in [4.69, 9.17) is 16.6 Å². The molecule has 0 heterocycles. The zero-order valence-corrected chi connectivity index (χ0v) is 17.3. The molecule has 0 rings (SSSR count). The smallest absolute Gasteiger partial charge is 0.327 e. The highest BCUT2D eigenvalue weighted by Gasteiger charge is 2.32. The lowest BCUT2D eigenvalue weighted by molar-refractivity contribution is -0.141. The van der Waals surface area contributed by atoms with Crippen LogP contribution in [0, 0.1) is 5.92 Å².